The van der Waals surface area contributed by atoms with E-state index in [0.29, 0.717) is 18.8 Å². The average Bonchev–Trinajstić information content (AvgIpc) is 3.60. The van der Waals surface area contributed by atoms with E-state index in [1.54, 1.807) is 19.3 Å². The standard InChI is InChI=1S/C28H36N4O2.C26H28N4O/c1-20-5-8-25-24(18-20)7-6-23-4-3-11-29-27(23)28(25)32-16-14-31(15-17-32)26(34)19-22-9-12-30(13-10-22)21(2)33;1-19-6-9-23-22(16-19)8-7-21-5-3-11-28-25(21)26(23)30-14-12-29(13-15-30)24(31)17-20-4-2-10-27-18-20/h3-5,8,11,18,22,28H,6-7,9-10,12-17,19H2,1-2H3;2-6,9-11,16,18,26H,7-8,12-15,17H2,1H3/t28-;26-/m10/s1. The maximum atomic E-state index is 13.1. The van der Waals surface area contributed by atoms with Crippen molar-refractivity contribution in [2.75, 3.05) is 65.4 Å². The molecule has 0 unspecified atom stereocenters. The Hall–Kier alpha value is -5.78. The summed E-state index contributed by atoms with van der Waals surface area (Å²) in [6, 6.07) is 26.4. The highest BCUT2D eigenvalue weighted by atomic mass is 16.2. The Morgan fingerprint density at radius 2 is 1.05 bits per heavy atom. The molecule has 0 spiro atoms. The predicted molar refractivity (Wildman–Crippen MR) is 253 cm³/mol. The molecule has 338 valence electrons. The number of likely N-dealkylation sites (tertiary alicyclic amines) is 1. The minimum absolute atomic E-state index is 0.146. The lowest BCUT2D eigenvalue weighted by molar-refractivity contribution is -0.135. The summed E-state index contributed by atoms with van der Waals surface area (Å²) >= 11 is 0. The van der Waals surface area contributed by atoms with E-state index in [9.17, 15) is 14.4 Å². The molecule has 0 radical (unpaired) electrons. The van der Waals surface area contributed by atoms with Crippen LogP contribution in [0.4, 0.5) is 0 Å². The first-order valence-corrected chi connectivity index (χ1v) is 23.9. The first kappa shape index (κ1) is 44.4. The van der Waals surface area contributed by atoms with Crippen molar-refractivity contribution in [1.82, 2.24) is 39.5 Å². The van der Waals surface area contributed by atoms with Gasteiger partial charge in [0.05, 0.1) is 29.9 Å². The van der Waals surface area contributed by atoms with Gasteiger partial charge < -0.3 is 14.7 Å². The van der Waals surface area contributed by atoms with E-state index >= 15 is 0 Å². The Labute approximate surface area is 384 Å². The third kappa shape index (κ3) is 10.2. The van der Waals surface area contributed by atoms with Crippen molar-refractivity contribution in [1.29, 1.82) is 0 Å². The number of piperazine rings is 2. The van der Waals surface area contributed by atoms with Crippen molar-refractivity contribution in [2.24, 2.45) is 5.92 Å². The van der Waals surface area contributed by atoms with E-state index in [1.165, 1.54) is 55.9 Å². The maximum absolute atomic E-state index is 13.1. The molecule has 5 aromatic rings. The van der Waals surface area contributed by atoms with Crippen molar-refractivity contribution in [2.45, 2.75) is 84.2 Å². The first-order valence-electron chi connectivity index (χ1n) is 23.9. The zero-order valence-electron chi connectivity index (χ0n) is 38.5. The Morgan fingerprint density at radius 1 is 0.554 bits per heavy atom. The van der Waals surface area contributed by atoms with Crippen molar-refractivity contribution in [3.05, 3.63) is 159 Å². The third-order valence-corrected chi connectivity index (χ3v) is 14.5. The van der Waals surface area contributed by atoms with Crippen LogP contribution >= 0.6 is 0 Å². The number of pyridine rings is 3. The van der Waals surface area contributed by atoms with Crippen molar-refractivity contribution >= 4 is 17.7 Å². The summed E-state index contributed by atoms with van der Waals surface area (Å²) in [7, 11) is 0. The number of carbonyl (C=O) groups is 3. The van der Waals surface area contributed by atoms with Gasteiger partial charge in [-0.05, 0) is 115 Å². The lowest BCUT2D eigenvalue weighted by Gasteiger charge is -2.40. The van der Waals surface area contributed by atoms with Gasteiger partial charge in [-0.25, -0.2) is 0 Å². The van der Waals surface area contributed by atoms with Crippen LogP contribution < -0.4 is 0 Å². The van der Waals surface area contributed by atoms with Gasteiger partial charge >= 0.3 is 0 Å². The van der Waals surface area contributed by atoms with Gasteiger partial charge in [0.2, 0.25) is 17.7 Å². The molecule has 10 rings (SSSR count). The molecule has 3 aromatic heterocycles. The van der Waals surface area contributed by atoms with Gasteiger partial charge in [-0.3, -0.25) is 39.1 Å². The molecule has 6 heterocycles. The second-order valence-electron chi connectivity index (χ2n) is 18.8. The minimum Gasteiger partial charge on any atom is -0.343 e. The van der Waals surface area contributed by atoms with E-state index in [4.69, 9.17) is 9.97 Å². The molecule has 2 aromatic carbocycles. The summed E-state index contributed by atoms with van der Waals surface area (Å²) in [6.45, 7) is 14.0. The number of aryl methyl sites for hydroxylation is 6. The summed E-state index contributed by atoms with van der Waals surface area (Å²) in [5, 5.41) is 0. The lowest BCUT2D eigenvalue weighted by atomic mass is 9.92. The molecule has 11 heteroatoms. The molecule has 5 aliphatic rings. The van der Waals surface area contributed by atoms with Gasteiger partial charge in [0.15, 0.2) is 0 Å². The van der Waals surface area contributed by atoms with Crippen LogP contribution in [0, 0.1) is 19.8 Å². The second kappa shape index (κ2) is 20.2. The molecule has 0 bridgehead atoms. The predicted octanol–water partition coefficient (Wildman–Crippen LogP) is 6.73. The number of hydrogen-bond acceptors (Lipinski definition) is 8. The molecule has 65 heavy (non-hydrogen) atoms. The normalized spacial score (nSPS) is 20.2. The Bertz CT molecular complexity index is 2470. The monoisotopic (exact) mass is 873 g/mol. The molecule has 3 aliphatic heterocycles. The number of fused-ring (bicyclic) bond motifs is 4. The van der Waals surface area contributed by atoms with Crippen LogP contribution in [0.1, 0.15) is 99.7 Å². The van der Waals surface area contributed by atoms with Gasteiger partial charge in [0.25, 0.3) is 0 Å². The summed E-state index contributed by atoms with van der Waals surface area (Å²) in [6.07, 6.45) is 14.4. The maximum Gasteiger partial charge on any atom is 0.227 e. The smallest absolute Gasteiger partial charge is 0.227 e. The van der Waals surface area contributed by atoms with E-state index in [-0.39, 0.29) is 29.8 Å². The van der Waals surface area contributed by atoms with Crippen LogP contribution in [0.3, 0.4) is 0 Å². The molecule has 2 atom stereocenters. The molecule has 3 saturated heterocycles. The van der Waals surface area contributed by atoms with E-state index in [1.807, 2.05) is 40.4 Å². The van der Waals surface area contributed by atoms with Crippen LogP contribution in [-0.4, -0.2) is 123 Å². The second-order valence-corrected chi connectivity index (χ2v) is 18.8. The number of hydrogen-bond donors (Lipinski definition) is 0. The zero-order valence-corrected chi connectivity index (χ0v) is 38.5. The Kier molecular flexibility index (Phi) is 13.8. The SMILES string of the molecule is CC(=O)N1CCC(CC(=O)N2CCN([C@@H]3c4ccc(C)cc4CCc4cccnc43)CC2)CC1.Cc1ccc2c(c1)CCc1cccnc1[C@H]2N1CCN(C(=O)Cc2cccnc2)CC1. The molecule has 11 nitrogen and oxygen atoms in total. The Morgan fingerprint density at radius 3 is 1.54 bits per heavy atom. The number of aromatic nitrogens is 3. The fourth-order valence-electron chi connectivity index (χ4n) is 10.9. The van der Waals surface area contributed by atoms with Gasteiger partial charge in [-0.1, -0.05) is 65.7 Å². The van der Waals surface area contributed by atoms with Crippen LogP contribution in [-0.2, 0) is 46.5 Å². The van der Waals surface area contributed by atoms with Gasteiger partial charge in [-0.15, -0.1) is 0 Å². The van der Waals surface area contributed by atoms with Gasteiger partial charge in [-0.2, -0.15) is 0 Å². The molecule has 0 N–H and O–H groups in total. The van der Waals surface area contributed by atoms with Gasteiger partial charge in [0.1, 0.15) is 0 Å². The van der Waals surface area contributed by atoms with Gasteiger partial charge in [0, 0.05) is 104 Å². The average molecular weight is 873 g/mol. The fourth-order valence-corrected chi connectivity index (χ4v) is 10.9. The van der Waals surface area contributed by atoms with Crippen molar-refractivity contribution in [3.63, 3.8) is 0 Å². The zero-order chi connectivity index (χ0) is 44.9. The van der Waals surface area contributed by atoms with Crippen LogP contribution in [0.15, 0.2) is 97.6 Å². The summed E-state index contributed by atoms with van der Waals surface area (Å²) in [5.41, 5.74) is 14.2. The number of rotatable bonds is 6. The van der Waals surface area contributed by atoms with Crippen LogP contribution in [0.5, 0.6) is 0 Å². The first-order chi connectivity index (χ1) is 31.7. The quantitative estimate of drug-likeness (QED) is 0.185. The van der Waals surface area contributed by atoms with Crippen LogP contribution in [0.2, 0.25) is 0 Å². The lowest BCUT2D eigenvalue weighted by Crippen LogP contribution is -2.50. The topological polar surface area (TPSA) is 106 Å². The fraction of sp³-hybridized carbons (Fsp3) is 0.444. The largest absolute Gasteiger partial charge is 0.343 e. The number of amides is 3. The highest BCUT2D eigenvalue weighted by Crippen LogP contribution is 2.38. The van der Waals surface area contributed by atoms with E-state index < -0.39 is 0 Å². The highest BCUT2D eigenvalue weighted by Gasteiger charge is 2.35. The molecule has 0 saturated carbocycles. The molecule has 3 fully saturated rings. The van der Waals surface area contributed by atoms with Crippen molar-refractivity contribution < 1.29 is 14.4 Å². The molecule has 2 aliphatic carbocycles. The number of piperidine rings is 1. The minimum atomic E-state index is 0.146. The number of carbonyl (C=O) groups excluding carboxylic acids is 3. The van der Waals surface area contributed by atoms with Crippen molar-refractivity contribution in [3.8, 4) is 0 Å². The molecular weight excluding hydrogens is 809 g/mol. The number of nitrogens with zero attached hydrogens (tertiary/aromatic N) is 8. The summed E-state index contributed by atoms with van der Waals surface area (Å²) in [5.74, 6) is 1.00. The summed E-state index contributed by atoms with van der Waals surface area (Å²) < 4.78 is 0. The van der Waals surface area contributed by atoms with E-state index in [2.05, 4.69) is 88.1 Å². The molecule has 3 amide bonds. The van der Waals surface area contributed by atoms with Crippen LogP contribution in [0.25, 0.3) is 0 Å². The highest BCUT2D eigenvalue weighted by molar-refractivity contribution is 5.79. The summed E-state index contributed by atoms with van der Waals surface area (Å²) in [4.78, 5) is 62.3. The third-order valence-electron chi connectivity index (χ3n) is 14.5. The van der Waals surface area contributed by atoms with E-state index in [0.717, 1.165) is 110 Å². The Balaban J connectivity index is 0.000000165. The number of benzene rings is 2. The molecular formula is C54H64N8O3.